The lowest BCUT2D eigenvalue weighted by Gasteiger charge is -2.26. The van der Waals surface area contributed by atoms with Gasteiger partial charge in [0.05, 0.1) is 62.6 Å². The van der Waals surface area contributed by atoms with Crippen molar-refractivity contribution in [3.05, 3.63) is 120 Å². The second-order valence-electron chi connectivity index (χ2n) is 18.0. The van der Waals surface area contributed by atoms with E-state index in [-0.39, 0.29) is 110 Å². The van der Waals surface area contributed by atoms with Gasteiger partial charge in [0.25, 0.3) is 0 Å². The van der Waals surface area contributed by atoms with Crippen molar-refractivity contribution in [2.24, 2.45) is 11.8 Å². The van der Waals surface area contributed by atoms with Crippen LogP contribution in [0.3, 0.4) is 0 Å². The van der Waals surface area contributed by atoms with Gasteiger partial charge in [0, 0.05) is 33.3 Å². The Kier molecular flexibility index (Phi) is 37.3. The maximum absolute atomic E-state index is 13.6. The molecule has 0 radical (unpaired) electrons. The average molecular weight is 1190 g/mol. The highest BCUT2D eigenvalue weighted by Crippen LogP contribution is 2.34. The molecule has 4 aromatic rings. The third-order valence-corrected chi connectivity index (χ3v) is 11.9. The van der Waals surface area contributed by atoms with E-state index in [1.807, 2.05) is 13.8 Å². The van der Waals surface area contributed by atoms with Crippen LogP contribution in [0.2, 0.25) is 0 Å². The van der Waals surface area contributed by atoms with E-state index in [1.165, 1.54) is 80.4 Å². The minimum atomic E-state index is -0.861. The van der Waals surface area contributed by atoms with Crippen molar-refractivity contribution in [2.45, 2.75) is 113 Å². The number of aliphatic hydroxyl groups is 1. The second-order valence-corrected chi connectivity index (χ2v) is 18.0. The molecule has 1 aliphatic rings. The summed E-state index contributed by atoms with van der Waals surface area (Å²) in [5.41, 5.74) is 0.0127. The summed E-state index contributed by atoms with van der Waals surface area (Å²) in [6, 6.07) is 20.3. The zero-order chi connectivity index (χ0) is 62.8. The maximum Gasteiger partial charge on any atom is 0.343 e. The van der Waals surface area contributed by atoms with Crippen molar-refractivity contribution in [3.8, 4) is 34.5 Å². The Morgan fingerprint density at radius 1 is 0.459 bits per heavy atom. The first-order valence-electron chi connectivity index (χ1n) is 28.7. The number of unbranched alkanes of at least 4 members (excludes halogenated alkanes) is 3. The van der Waals surface area contributed by atoms with Crippen molar-refractivity contribution in [1.29, 1.82) is 0 Å². The lowest BCUT2D eigenvalue weighted by molar-refractivity contribution is -0.145. The van der Waals surface area contributed by atoms with Crippen LogP contribution in [0.4, 0.5) is 0 Å². The summed E-state index contributed by atoms with van der Waals surface area (Å²) in [6.07, 6.45) is 7.08. The van der Waals surface area contributed by atoms with Crippen LogP contribution in [-0.4, -0.2) is 126 Å². The summed E-state index contributed by atoms with van der Waals surface area (Å²) in [7, 11) is 1.00. The molecule has 0 heterocycles. The van der Waals surface area contributed by atoms with E-state index in [0.717, 1.165) is 13.2 Å². The Labute approximate surface area is 498 Å². The quantitative estimate of drug-likeness (QED) is 0.0156. The van der Waals surface area contributed by atoms with E-state index in [4.69, 9.17) is 61.9 Å². The lowest BCUT2D eigenvalue weighted by Crippen LogP contribution is -2.31. The molecular formula is C64H84O21. The predicted molar refractivity (Wildman–Crippen MR) is 313 cm³/mol. The summed E-state index contributed by atoms with van der Waals surface area (Å²) in [5, 5.41) is 7.00. The SMILES string of the molecule is C=CC(=O)OCCCCOc1ccc(C(=O)Oc2ccc(OC(=O)C3CCC(C(=O)Oc4ccc(OC(=O)c5ccc(OCCCCOC(C)=O)cc5)cc4C(=O)OCCOCC)CC3)c(C(=O)OCCOCC)c2)cc1.CC.CCCC.CO. The fourth-order valence-electron chi connectivity index (χ4n) is 7.36. The van der Waals surface area contributed by atoms with Crippen LogP contribution < -0.4 is 28.4 Å². The Hall–Kier alpha value is -8.14. The molecule has 1 fully saturated rings. The molecule has 0 atom stereocenters. The number of carbonyl (C=O) groups excluding carboxylic acids is 8. The fourth-order valence-corrected chi connectivity index (χ4v) is 7.36. The smallest absolute Gasteiger partial charge is 0.343 e. The molecule has 466 valence electrons. The normalized spacial score (nSPS) is 12.9. The molecule has 4 aromatic carbocycles. The van der Waals surface area contributed by atoms with Crippen molar-refractivity contribution in [1.82, 2.24) is 0 Å². The van der Waals surface area contributed by atoms with Crippen molar-refractivity contribution in [2.75, 3.05) is 73.2 Å². The summed E-state index contributed by atoms with van der Waals surface area (Å²) in [6.45, 7) is 18.7. The van der Waals surface area contributed by atoms with Gasteiger partial charge >= 0.3 is 47.8 Å². The molecule has 0 aliphatic heterocycles. The summed E-state index contributed by atoms with van der Waals surface area (Å²) < 4.78 is 65.3. The number of ether oxygens (including phenoxy) is 12. The average Bonchev–Trinajstić information content (AvgIpc) is 3.64. The van der Waals surface area contributed by atoms with Crippen LogP contribution in [0.1, 0.15) is 154 Å². The first-order valence-corrected chi connectivity index (χ1v) is 28.7. The van der Waals surface area contributed by atoms with E-state index in [2.05, 4.69) is 20.4 Å². The first kappa shape index (κ1) is 73.0. The van der Waals surface area contributed by atoms with Crippen LogP contribution in [0.25, 0.3) is 0 Å². The number of hydrogen-bond acceptors (Lipinski definition) is 21. The van der Waals surface area contributed by atoms with Gasteiger partial charge in [0.2, 0.25) is 0 Å². The zero-order valence-electron chi connectivity index (χ0n) is 50.3. The molecule has 0 amide bonds. The fraction of sp³-hybridized carbons (Fsp3) is 0.469. The number of rotatable bonds is 32. The highest BCUT2D eigenvalue weighted by atomic mass is 16.6. The van der Waals surface area contributed by atoms with Crippen LogP contribution in [0.15, 0.2) is 97.6 Å². The number of carbonyl (C=O) groups is 8. The Morgan fingerprint density at radius 2 is 0.824 bits per heavy atom. The van der Waals surface area contributed by atoms with Crippen LogP contribution in [0, 0.1) is 11.8 Å². The topological polar surface area (TPSA) is 268 Å². The molecule has 0 aromatic heterocycles. The summed E-state index contributed by atoms with van der Waals surface area (Å²) in [4.78, 5) is 102. The minimum Gasteiger partial charge on any atom is -0.494 e. The number of esters is 8. The molecule has 1 N–H and O–H groups in total. The van der Waals surface area contributed by atoms with Gasteiger partial charge in [-0.2, -0.15) is 0 Å². The molecule has 0 spiro atoms. The minimum absolute atomic E-state index is 0.0271. The number of hydrogen-bond donors (Lipinski definition) is 1. The van der Waals surface area contributed by atoms with E-state index in [1.54, 1.807) is 38.1 Å². The first-order chi connectivity index (χ1) is 41.2. The molecule has 85 heavy (non-hydrogen) atoms. The Morgan fingerprint density at radius 3 is 1.18 bits per heavy atom. The third kappa shape index (κ3) is 28.3. The van der Waals surface area contributed by atoms with Gasteiger partial charge in [-0.15, -0.1) is 0 Å². The molecule has 0 saturated heterocycles. The van der Waals surface area contributed by atoms with E-state index >= 15 is 0 Å². The highest BCUT2D eigenvalue weighted by molar-refractivity contribution is 5.97. The lowest BCUT2D eigenvalue weighted by atomic mass is 9.82. The van der Waals surface area contributed by atoms with Crippen molar-refractivity contribution in [3.63, 3.8) is 0 Å². The summed E-state index contributed by atoms with van der Waals surface area (Å²) >= 11 is 0. The van der Waals surface area contributed by atoms with Gasteiger partial charge in [-0.3, -0.25) is 14.4 Å². The van der Waals surface area contributed by atoms with Gasteiger partial charge in [-0.25, -0.2) is 24.0 Å². The second kappa shape index (κ2) is 43.5. The van der Waals surface area contributed by atoms with Crippen LogP contribution in [0.5, 0.6) is 34.5 Å². The van der Waals surface area contributed by atoms with E-state index in [9.17, 15) is 38.4 Å². The van der Waals surface area contributed by atoms with Crippen LogP contribution in [-0.2, 0) is 47.6 Å². The molecule has 5 rings (SSSR count). The Balaban J connectivity index is 0.00000292. The molecular weight excluding hydrogens is 1100 g/mol. The third-order valence-electron chi connectivity index (χ3n) is 11.9. The highest BCUT2D eigenvalue weighted by Gasteiger charge is 2.34. The standard InChI is InChI=1S/C57H64O20.C4H10.C2H6.CH4O/c1-5-51(59)71-31-11-10-30-70-44-22-18-42(19-23-44)53(61)75-46-25-27-50(48(37-46)57(65)73-35-33-67-7-3)77-55(63)40-14-12-39(13-15-40)54(62)76-49-26-24-45(36-47(49)56(64)72-34-32-66-6-2)74-52(60)41-16-20-43(21-17-41)69-29-9-8-28-68-38(4)58;1-3-4-2;2*1-2/h5,16-27,36-37,39-40H,1,6-15,28-35H2,2-4H3;3-4H2,1-2H3;1-2H3;2H,1H3. The monoisotopic (exact) mass is 1190 g/mol. The van der Waals surface area contributed by atoms with Gasteiger partial charge in [-0.1, -0.05) is 47.1 Å². The van der Waals surface area contributed by atoms with Gasteiger partial charge in [-0.05, 0) is 150 Å². The zero-order valence-corrected chi connectivity index (χ0v) is 50.3. The molecule has 21 nitrogen and oxygen atoms in total. The summed E-state index contributed by atoms with van der Waals surface area (Å²) in [5.74, 6) is -6.03. The maximum atomic E-state index is 13.6. The number of aliphatic hydroxyl groups excluding tert-OH is 1. The molecule has 1 aliphatic carbocycles. The largest absolute Gasteiger partial charge is 0.494 e. The number of benzene rings is 4. The van der Waals surface area contributed by atoms with Crippen LogP contribution >= 0.6 is 0 Å². The Bertz CT molecular complexity index is 2650. The molecule has 0 bridgehead atoms. The van der Waals surface area contributed by atoms with E-state index < -0.39 is 53.6 Å². The van der Waals surface area contributed by atoms with Gasteiger partial charge in [0.15, 0.2) is 0 Å². The van der Waals surface area contributed by atoms with Gasteiger partial charge in [0.1, 0.15) is 58.8 Å². The van der Waals surface area contributed by atoms with E-state index in [0.29, 0.717) is 70.2 Å². The predicted octanol–water partition coefficient (Wildman–Crippen LogP) is 10.9. The van der Waals surface area contributed by atoms with Gasteiger partial charge < -0.3 is 61.9 Å². The van der Waals surface area contributed by atoms with Crippen molar-refractivity contribution >= 4 is 47.8 Å². The molecule has 0 unspecified atom stereocenters. The van der Waals surface area contributed by atoms with Crippen molar-refractivity contribution < 1.29 is 100 Å². The molecule has 21 heteroatoms. The molecule has 1 saturated carbocycles.